The Hall–Kier alpha value is -3.35. The zero-order chi connectivity index (χ0) is 21.3. The highest BCUT2D eigenvalue weighted by atomic mass is 16.5. The smallest absolute Gasteiger partial charge is 0.229 e. The first kappa shape index (κ1) is 21.4. The lowest BCUT2D eigenvalue weighted by Gasteiger charge is -2.25. The van der Waals surface area contributed by atoms with Gasteiger partial charge in [-0.05, 0) is 37.1 Å². The maximum atomic E-state index is 11.9. The van der Waals surface area contributed by atoms with Gasteiger partial charge in [0, 0.05) is 45.1 Å². The van der Waals surface area contributed by atoms with Gasteiger partial charge in [-0.3, -0.25) is 19.5 Å². The van der Waals surface area contributed by atoms with Crippen LogP contribution in [0.25, 0.3) is 0 Å². The van der Waals surface area contributed by atoms with E-state index in [1.165, 1.54) is 4.90 Å². The van der Waals surface area contributed by atoms with Gasteiger partial charge in [-0.15, -0.1) is 0 Å². The monoisotopic (exact) mass is 408 g/mol. The lowest BCUT2D eigenvalue weighted by atomic mass is 10.1. The topological polar surface area (TPSA) is 83.0 Å². The number of carbonyl (C=O) groups is 2. The summed E-state index contributed by atoms with van der Waals surface area (Å²) in [5, 5.41) is 6.42. The Morgan fingerprint density at radius 2 is 1.80 bits per heavy atom. The molecule has 7 nitrogen and oxygen atoms in total. The minimum Gasteiger partial charge on any atom is -0.457 e. The molecule has 1 aliphatic heterocycles. The Kier molecular flexibility index (Phi) is 7.43. The molecule has 0 saturated carbocycles. The lowest BCUT2D eigenvalue weighted by molar-refractivity contribution is -0.147. The van der Waals surface area contributed by atoms with Gasteiger partial charge in [-0.25, -0.2) is 0 Å². The van der Waals surface area contributed by atoms with E-state index < -0.39 is 0 Å². The zero-order valence-electron chi connectivity index (χ0n) is 17.5. The number of para-hydroxylation sites is 1. The number of rotatable bonds is 7. The standard InChI is InChI=1S/C23H28N4O3/c1-17-11-12-18(20(15-17)30-19-7-4-3-5-8-19)16-26-23(24-2)25-13-14-27-21(28)9-6-10-22(27)29/h3-5,7-8,11-12,15H,6,9-10,13-14,16H2,1-2H3,(H2,24,25,26). The molecule has 3 rings (SSSR count). The fourth-order valence-electron chi connectivity index (χ4n) is 3.25. The van der Waals surface area contributed by atoms with Crippen molar-refractivity contribution in [3.05, 3.63) is 59.7 Å². The summed E-state index contributed by atoms with van der Waals surface area (Å²) >= 11 is 0. The average molecular weight is 409 g/mol. The third-order valence-corrected chi connectivity index (χ3v) is 4.87. The van der Waals surface area contributed by atoms with Gasteiger partial charge >= 0.3 is 0 Å². The second kappa shape index (κ2) is 10.4. The Bertz CT molecular complexity index is 896. The van der Waals surface area contributed by atoms with E-state index in [0.717, 1.165) is 22.6 Å². The maximum Gasteiger partial charge on any atom is 0.229 e. The highest BCUT2D eigenvalue weighted by molar-refractivity contribution is 5.97. The molecule has 1 saturated heterocycles. The minimum atomic E-state index is -0.0987. The molecule has 2 aromatic rings. The van der Waals surface area contributed by atoms with Crippen molar-refractivity contribution in [2.45, 2.75) is 32.7 Å². The Labute approximate surface area is 177 Å². The predicted octanol–water partition coefficient (Wildman–Crippen LogP) is 2.99. The van der Waals surface area contributed by atoms with E-state index >= 15 is 0 Å². The number of imide groups is 1. The van der Waals surface area contributed by atoms with Crippen LogP contribution in [0.15, 0.2) is 53.5 Å². The number of benzene rings is 2. The van der Waals surface area contributed by atoms with Crippen LogP contribution >= 0.6 is 0 Å². The van der Waals surface area contributed by atoms with Gasteiger partial charge in [0.15, 0.2) is 5.96 Å². The summed E-state index contributed by atoms with van der Waals surface area (Å²) in [5.41, 5.74) is 2.11. The van der Waals surface area contributed by atoms with E-state index in [1.807, 2.05) is 55.5 Å². The van der Waals surface area contributed by atoms with Crippen LogP contribution in [0, 0.1) is 6.92 Å². The fraction of sp³-hybridized carbons (Fsp3) is 0.348. The highest BCUT2D eigenvalue weighted by Crippen LogP contribution is 2.26. The van der Waals surface area contributed by atoms with Crippen LogP contribution in [0.1, 0.15) is 30.4 Å². The van der Waals surface area contributed by atoms with Crippen LogP contribution in [0.3, 0.4) is 0 Å². The van der Waals surface area contributed by atoms with Gasteiger partial charge in [-0.1, -0.05) is 30.3 Å². The van der Waals surface area contributed by atoms with Gasteiger partial charge in [-0.2, -0.15) is 0 Å². The third-order valence-electron chi connectivity index (χ3n) is 4.87. The molecule has 0 unspecified atom stereocenters. The van der Waals surface area contributed by atoms with Crippen molar-refractivity contribution in [1.82, 2.24) is 15.5 Å². The largest absolute Gasteiger partial charge is 0.457 e. The number of likely N-dealkylation sites (tertiary alicyclic amines) is 1. The van der Waals surface area contributed by atoms with E-state index in [0.29, 0.717) is 44.9 Å². The van der Waals surface area contributed by atoms with Gasteiger partial charge in [0.1, 0.15) is 11.5 Å². The minimum absolute atomic E-state index is 0.0987. The molecule has 7 heteroatoms. The second-order valence-electron chi connectivity index (χ2n) is 7.17. The Balaban J connectivity index is 1.56. The van der Waals surface area contributed by atoms with Crippen LogP contribution in [0.5, 0.6) is 11.5 Å². The van der Waals surface area contributed by atoms with Crippen molar-refractivity contribution >= 4 is 17.8 Å². The fourth-order valence-corrected chi connectivity index (χ4v) is 3.25. The van der Waals surface area contributed by atoms with Crippen LogP contribution in [-0.2, 0) is 16.1 Å². The van der Waals surface area contributed by atoms with E-state index in [9.17, 15) is 9.59 Å². The number of aliphatic imine (C=N–C) groups is 1. The summed E-state index contributed by atoms with van der Waals surface area (Å²) in [6.45, 7) is 3.33. The first-order valence-electron chi connectivity index (χ1n) is 10.2. The molecule has 2 aromatic carbocycles. The average Bonchev–Trinajstić information content (AvgIpc) is 2.74. The number of carbonyl (C=O) groups excluding carboxylic acids is 2. The van der Waals surface area contributed by atoms with Gasteiger partial charge in [0.2, 0.25) is 11.8 Å². The van der Waals surface area contributed by atoms with E-state index in [4.69, 9.17) is 4.74 Å². The number of hydrogen-bond donors (Lipinski definition) is 2. The molecule has 30 heavy (non-hydrogen) atoms. The molecular formula is C23H28N4O3. The highest BCUT2D eigenvalue weighted by Gasteiger charge is 2.25. The van der Waals surface area contributed by atoms with E-state index in [2.05, 4.69) is 15.6 Å². The Morgan fingerprint density at radius 3 is 2.50 bits per heavy atom. The maximum absolute atomic E-state index is 11.9. The van der Waals surface area contributed by atoms with Crippen LogP contribution in [0.4, 0.5) is 0 Å². The summed E-state index contributed by atoms with van der Waals surface area (Å²) < 4.78 is 6.06. The molecule has 0 spiro atoms. The van der Waals surface area contributed by atoms with Crippen molar-refractivity contribution < 1.29 is 14.3 Å². The molecule has 0 radical (unpaired) electrons. The quantitative estimate of drug-likeness (QED) is 0.418. The normalized spacial score (nSPS) is 14.6. The first-order chi connectivity index (χ1) is 14.6. The zero-order valence-corrected chi connectivity index (χ0v) is 17.5. The summed E-state index contributed by atoms with van der Waals surface area (Å²) in [5.74, 6) is 1.96. The van der Waals surface area contributed by atoms with Crippen LogP contribution in [-0.4, -0.2) is 42.8 Å². The SMILES string of the molecule is CN=C(NCCN1C(=O)CCCC1=O)NCc1ccc(C)cc1Oc1ccccc1. The molecule has 2 amide bonds. The van der Waals surface area contributed by atoms with Gasteiger partial charge in [0.25, 0.3) is 0 Å². The first-order valence-corrected chi connectivity index (χ1v) is 10.2. The number of nitrogens with zero attached hydrogens (tertiary/aromatic N) is 2. The van der Waals surface area contributed by atoms with E-state index in [1.54, 1.807) is 7.05 Å². The summed E-state index contributed by atoms with van der Waals surface area (Å²) in [6, 6.07) is 15.7. The number of aryl methyl sites for hydroxylation is 1. The molecule has 1 fully saturated rings. The van der Waals surface area contributed by atoms with Crippen molar-refractivity contribution in [2.75, 3.05) is 20.1 Å². The molecular weight excluding hydrogens is 380 g/mol. The molecule has 2 N–H and O–H groups in total. The molecule has 1 aliphatic rings. The van der Waals surface area contributed by atoms with Crippen molar-refractivity contribution in [3.63, 3.8) is 0 Å². The molecule has 1 heterocycles. The van der Waals surface area contributed by atoms with Crippen molar-refractivity contribution in [1.29, 1.82) is 0 Å². The predicted molar refractivity (Wildman–Crippen MR) is 116 cm³/mol. The number of amides is 2. The number of guanidine groups is 1. The molecule has 158 valence electrons. The lowest BCUT2D eigenvalue weighted by Crippen LogP contribution is -2.46. The van der Waals surface area contributed by atoms with Crippen LogP contribution < -0.4 is 15.4 Å². The number of hydrogen-bond acceptors (Lipinski definition) is 4. The van der Waals surface area contributed by atoms with Gasteiger partial charge < -0.3 is 15.4 Å². The number of nitrogens with one attached hydrogen (secondary N) is 2. The van der Waals surface area contributed by atoms with E-state index in [-0.39, 0.29) is 11.8 Å². The summed E-state index contributed by atoms with van der Waals surface area (Å²) in [6.07, 6.45) is 1.53. The second-order valence-corrected chi connectivity index (χ2v) is 7.17. The molecule has 0 bridgehead atoms. The number of ether oxygens (including phenoxy) is 1. The Morgan fingerprint density at radius 1 is 1.07 bits per heavy atom. The van der Waals surface area contributed by atoms with Crippen molar-refractivity contribution in [2.24, 2.45) is 4.99 Å². The summed E-state index contributed by atoms with van der Waals surface area (Å²) in [4.78, 5) is 29.3. The summed E-state index contributed by atoms with van der Waals surface area (Å²) in [7, 11) is 1.68. The van der Waals surface area contributed by atoms with Crippen LogP contribution in [0.2, 0.25) is 0 Å². The van der Waals surface area contributed by atoms with Gasteiger partial charge in [0.05, 0.1) is 0 Å². The van der Waals surface area contributed by atoms with Crippen molar-refractivity contribution in [3.8, 4) is 11.5 Å². The molecule has 0 atom stereocenters. The number of piperidine rings is 1. The third kappa shape index (κ3) is 5.83. The molecule has 0 aromatic heterocycles. The molecule has 0 aliphatic carbocycles.